The van der Waals surface area contributed by atoms with E-state index >= 15 is 0 Å². The highest BCUT2D eigenvalue weighted by molar-refractivity contribution is 5.79. The highest BCUT2D eigenvalue weighted by atomic mass is 16.6. The third kappa shape index (κ3) is 9.46. The van der Waals surface area contributed by atoms with Crippen LogP contribution in [-0.2, 0) is 11.3 Å². The summed E-state index contributed by atoms with van der Waals surface area (Å²) in [5.41, 5.74) is 1.82. The van der Waals surface area contributed by atoms with Gasteiger partial charge in [-0.3, -0.25) is 14.6 Å². The smallest absolute Gasteiger partial charge is 0.410 e. The molecular formula is C23H43N7O2. The van der Waals surface area contributed by atoms with Crippen molar-refractivity contribution in [2.45, 2.75) is 66.5 Å². The molecule has 9 nitrogen and oxygen atoms in total. The average molecular weight is 450 g/mol. The van der Waals surface area contributed by atoms with Crippen LogP contribution in [0, 0.1) is 13.8 Å². The molecule has 1 amide bonds. The van der Waals surface area contributed by atoms with E-state index in [-0.39, 0.29) is 6.09 Å². The van der Waals surface area contributed by atoms with E-state index in [4.69, 9.17) is 4.74 Å². The number of hydrogen-bond donors (Lipinski definition) is 2. The summed E-state index contributed by atoms with van der Waals surface area (Å²) < 4.78 is 7.52. The first-order valence-corrected chi connectivity index (χ1v) is 11.9. The molecule has 0 aliphatic carbocycles. The van der Waals surface area contributed by atoms with Crippen LogP contribution < -0.4 is 10.6 Å². The minimum atomic E-state index is -0.442. The second-order valence-electron chi connectivity index (χ2n) is 9.35. The quantitative estimate of drug-likeness (QED) is 0.342. The molecule has 0 unspecified atom stereocenters. The summed E-state index contributed by atoms with van der Waals surface area (Å²) in [6.45, 7) is 19.5. The summed E-state index contributed by atoms with van der Waals surface area (Å²) in [4.78, 5) is 21.1. The number of piperazine rings is 1. The van der Waals surface area contributed by atoms with Crippen LogP contribution in [-0.4, -0.2) is 89.6 Å². The van der Waals surface area contributed by atoms with Gasteiger partial charge in [0.1, 0.15) is 5.60 Å². The molecule has 9 heteroatoms. The summed E-state index contributed by atoms with van der Waals surface area (Å²) in [6, 6.07) is 2.10. The number of nitrogens with one attached hydrogen (secondary N) is 2. The van der Waals surface area contributed by atoms with Crippen molar-refractivity contribution in [3.8, 4) is 0 Å². The number of aromatic nitrogens is 2. The molecule has 0 saturated carbocycles. The molecule has 1 aromatic rings. The van der Waals surface area contributed by atoms with Crippen LogP contribution in [0.1, 0.15) is 51.9 Å². The molecule has 32 heavy (non-hydrogen) atoms. The Labute approximate surface area is 193 Å². The third-order valence-corrected chi connectivity index (χ3v) is 5.21. The molecule has 0 aromatic carbocycles. The monoisotopic (exact) mass is 449 g/mol. The maximum absolute atomic E-state index is 12.2. The zero-order valence-corrected chi connectivity index (χ0v) is 20.9. The van der Waals surface area contributed by atoms with Crippen molar-refractivity contribution in [2.75, 3.05) is 52.4 Å². The number of nitrogens with zero attached hydrogens (tertiary/aromatic N) is 5. The Morgan fingerprint density at radius 1 is 1.12 bits per heavy atom. The van der Waals surface area contributed by atoms with Crippen molar-refractivity contribution in [3.05, 3.63) is 17.5 Å². The molecule has 1 aliphatic heterocycles. The third-order valence-electron chi connectivity index (χ3n) is 5.21. The minimum Gasteiger partial charge on any atom is -0.444 e. The Hall–Kier alpha value is -2.29. The number of carbonyl (C=O) groups is 1. The van der Waals surface area contributed by atoms with Gasteiger partial charge in [-0.05, 0) is 67.0 Å². The van der Waals surface area contributed by atoms with Crippen LogP contribution in [0.2, 0.25) is 0 Å². The number of carbonyl (C=O) groups excluding carboxylic acids is 1. The molecule has 1 saturated heterocycles. The van der Waals surface area contributed by atoms with Crippen LogP contribution in [0.3, 0.4) is 0 Å². The van der Waals surface area contributed by atoms with Crippen molar-refractivity contribution in [3.63, 3.8) is 0 Å². The number of amides is 1. The summed E-state index contributed by atoms with van der Waals surface area (Å²) in [5, 5.41) is 11.3. The summed E-state index contributed by atoms with van der Waals surface area (Å²) >= 11 is 0. The van der Waals surface area contributed by atoms with E-state index in [2.05, 4.69) is 45.5 Å². The van der Waals surface area contributed by atoms with Gasteiger partial charge in [0, 0.05) is 58.1 Å². The van der Waals surface area contributed by atoms with Crippen molar-refractivity contribution in [2.24, 2.45) is 4.99 Å². The fraction of sp³-hybridized carbons (Fsp3) is 0.783. The molecule has 0 radical (unpaired) electrons. The number of aliphatic imine (C=N–C) groups is 1. The molecule has 1 fully saturated rings. The van der Waals surface area contributed by atoms with Crippen molar-refractivity contribution in [1.82, 2.24) is 30.2 Å². The van der Waals surface area contributed by atoms with Gasteiger partial charge < -0.3 is 20.3 Å². The maximum atomic E-state index is 12.2. The van der Waals surface area contributed by atoms with Crippen LogP contribution >= 0.6 is 0 Å². The first-order chi connectivity index (χ1) is 15.2. The van der Waals surface area contributed by atoms with Gasteiger partial charge in [0.15, 0.2) is 5.96 Å². The van der Waals surface area contributed by atoms with Gasteiger partial charge in [0.25, 0.3) is 0 Å². The molecule has 1 aromatic heterocycles. The maximum Gasteiger partial charge on any atom is 0.410 e. The van der Waals surface area contributed by atoms with Gasteiger partial charge in [-0.1, -0.05) is 0 Å². The Kier molecular flexibility index (Phi) is 10.3. The van der Waals surface area contributed by atoms with E-state index in [0.29, 0.717) is 0 Å². The van der Waals surface area contributed by atoms with E-state index < -0.39 is 5.60 Å². The van der Waals surface area contributed by atoms with E-state index in [9.17, 15) is 4.79 Å². The average Bonchev–Trinajstić information content (AvgIpc) is 3.04. The molecule has 0 spiro atoms. The molecule has 2 N–H and O–H groups in total. The van der Waals surface area contributed by atoms with Gasteiger partial charge in [0.05, 0.1) is 5.69 Å². The lowest BCUT2D eigenvalue weighted by atomic mass is 10.2. The predicted octanol–water partition coefficient (Wildman–Crippen LogP) is 2.39. The SMILES string of the molecule is CCNC(=NCCCn1nc(C)cc1C)NCCCN1CCN(C(=O)OC(C)(C)C)CC1. The van der Waals surface area contributed by atoms with Crippen molar-refractivity contribution in [1.29, 1.82) is 0 Å². The lowest BCUT2D eigenvalue weighted by Gasteiger charge is -2.35. The number of guanidine groups is 1. The number of hydrogen-bond acceptors (Lipinski definition) is 5. The normalized spacial score (nSPS) is 15.7. The second kappa shape index (κ2) is 12.7. The zero-order valence-electron chi connectivity index (χ0n) is 20.9. The largest absolute Gasteiger partial charge is 0.444 e. The van der Waals surface area contributed by atoms with Gasteiger partial charge >= 0.3 is 6.09 Å². The Morgan fingerprint density at radius 3 is 2.44 bits per heavy atom. The van der Waals surface area contributed by atoms with E-state index in [0.717, 1.165) is 83.4 Å². The lowest BCUT2D eigenvalue weighted by Crippen LogP contribution is -2.50. The van der Waals surface area contributed by atoms with Gasteiger partial charge in [-0.2, -0.15) is 5.10 Å². The molecule has 1 aliphatic rings. The van der Waals surface area contributed by atoms with Crippen molar-refractivity contribution < 1.29 is 9.53 Å². The van der Waals surface area contributed by atoms with E-state index in [1.165, 1.54) is 5.69 Å². The van der Waals surface area contributed by atoms with Crippen LogP contribution in [0.4, 0.5) is 4.79 Å². The van der Waals surface area contributed by atoms with Crippen LogP contribution in [0.25, 0.3) is 0 Å². The first kappa shape index (κ1) is 26.0. The first-order valence-electron chi connectivity index (χ1n) is 11.9. The van der Waals surface area contributed by atoms with Crippen molar-refractivity contribution >= 4 is 12.1 Å². The second-order valence-corrected chi connectivity index (χ2v) is 9.35. The highest BCUT2D eigenvalue weighted by Gasteiger charge is 2.25. The topological polar surface area (TPSA) is 87.0 Å². The lowest BCUT2D eigenvalue weighted by molar-refractivity contribution is 0.0145. The molecule has 2 heterocycles. The Bertz CT molecular complexity index is 731. The summed E-state index contributed by atoms with van der Waals surface area (Å²) in [5.74, 6) is 0.871. The predicted molar refractivity (Wildman–Crippen MR) is 129 cm³/mol. The number of rotatable bonds is 9. The fourth-order valence-electron chi connectivity index (χ4n) is 3.64. The summed E-state index contributed by atoms with van der Waals surface area (Å²) in [7, 11) is 0. The summed E-state index contributed by atoms with van der Waals surface area (Å²) in [6.07, 6.45) is 1.78. The van der Waals surface area contributed by atoms with E-state index in [1.807, 2.05) is 37.3 Å². The molecular weight excluding hydrogens is 406 g/mol. The molecule has 2 rings (SSSR count). The molecule has 0 bridgehead atoms. The molecule has 0 atom stereocenters. The minimum absolute atomic E-state index is 0.205. The van der Waals surface area contributed by atoms with Crippen LogP contribution in [0.5, 0.6) is 0 Å². The van der Waals surface area contributed by atoms with Gasteiger partial charge in [0.2, 0.25) is 0 Å². The zero-order chi connectivity index (χ0) is 23.6. The molecule has 182 valence electrons. The fourth-order valence-corrected chi connectivity index (χ4v) is 3.64. The number of ether oxygens (including phenoxy) is 1. The van der Waals surface area contributed by atoms with Gasteiger partial charge in [-0.15, -0.1) is 0 Å². The Balaban J connectivity index is 1.62. The Morgan fingerprint density at radius 2 is 1.84 bits per heavy atom. The van der Waals surface area contributed by atoms with Gasteiger partial charge in [-0.25, -0.2) is 4.79 Å². The van der Waals surface area contributed by atoms with E-state index in [1.54, 1.807) is 0 Å². The van der Waals surface area contributed by atoms with Crippen LogP contribution in [0.15, 0.2) is 11.1 Å². The standard InChI is InChI=1S/C23H43N7O2/c1-7-24-21(26-11-9-13-30-20(3)18-19(2)27-30)25-10-8-12-28-14-16-29(17-15-28)22(31)32-23(4,5)6/h18H,7-17H2,1-6H3,(H2,24,25,26). The number of aryl methyl sites for hydroxylation is 3. The highest BCUT2D eigenvalue weighted by Crippen LogP contribution is 2.12.